The number of anilines is 1. The maximum absolute atomic E-state index is 13.9. The second-order valence-electron chi connectivity index (χ2n) is 9.86. The number of rotatable bonds is 9. The molecule has 0 aliphatic rings. The van der Waals surface area contributed by atoms with E-state index >= 15 is 0 Å². The smallest absolute Gasteiger partial charge is 0.251 e. The molecule has 0 saturated carbocycles. The molecule has 4 aromatic rings. The van der Waals surface area contributed by atoms with Crippen LogP contribution >= 0.6 is 0 Å². The topological polar surface area (TPSA) is 115 Å². The molecule has 0 fully saturated rings. The standard InChI is InChI=1S/C28H32N6O4/c1-6-37-22-15-13-21(14-16-22)34(25(23-8-7-17-38-23)27(36)29-28(3,4)5)24(35)18-33-31-26(30-32-33)20-11-9-19(2)10-12-20/h7-17,25H,6,18H2,1-5H3,(H,29,36). The Hall–Kier alpha value is -4.47. The molecule has 1 atom stereocenters. The van der Waals surface area contributed by atoms with E-state index in [2.05, 4.69) is 20.7 Å². The molecule has 10 heteroatoms. The van der Waals surface area contributed by atoms with Crippen LogP contribution in [0.2, 0.25) is 0 Å². The van der Waals surface area contributed by atoms with Crippen molar-refractivity contribution in [3.05, 3.63) is 78.3 Å². The fourth-order valence-corrected chi connectivity index (χ4v) is 3.89. The number of furan rings is 1. The SMILES string of the molecule is CCOc1ccc(N(C(=O)Cn2nnc(-c3ccc(C)cc3)n2)C(C(=O)NC(C)(C)C)c2ccco2)cc1. The highest BCUT2D eigenvalue weighted by atomic mass is 16.5. The third-order valence-corrected chi connectivity index (χ3v) is 5.55. The first-order valence-electron chi connectivity index (χ1n) is 12.4. The highest BCUT2D eigenvalue weighted by molar-refractivity contribution is 6.01. The van der Waals surface area contributed by atoms with E-state index < -0.39 is 17.5 Å². The molecule has 198 valence electrons. The maximum atomic E-state index is 13.9. The lowest BCUT2D eigenvalue weighted by molar-refractivity contribution is -0.128. The molecule has 1 N–H and O–H groups in total. The van der Waals surface area contributed by atoms with Crippen LogP contribution in [0.25, 0.3) is 11.4 Å². The number of hydrogen-bond donors (Lipinski definition) is 1. The zero-order valence-electron chi connectivity index (χ0n) is 22.2. The van der Waals surface area contributed by atoms with E-state index in [0.717, 1.165) is 11.1 Å². The van der Waals surface area contributed by atoms with Crippen LogP contribution in [0.5, 0.6) is 5.75 Å². The second-order valence-corrected chi connectivity index (χ2v) is 9.86. The number of hydrogen-bond acceptors (Lipinski definition) is 7. The molecule has 10 nitrogen and oxygen atoms in total. The van der Waals surface area contributed by atoms with Crippen molar-refractivity contribution in [2.75, 3.05) is 11.5 Å². The number of benzene rings is 2. The Bertz CT molecular complexity index is 1360. The minimum atomic E-state index is -1.07. The van der Waals surface area contributed by atoms with Gasteiger partial charge in [0.1, 0.15) is 18.1 Å². The Morgan fingerprint density at radius 3 is 2.39 bits per heavy atom. The summed E-state index contributed by atoms with van der Waals surface area (Å²) in [6, 6.07) is 17.0. The number of aromatic nitrogens is 4. The van der Waals surface area contributed by atoms with Crippen LogP contribution in [0.15, 0.2) is 71.3 Å². The van der Waals surface area contributed by atoms with Gasteiger partial charge in [0.15, 0.2) is 6.04 Å². The maximum Gasteiger partial charge on any atom is 0.251 e. The fourth-order valence-electron chi connectivity index (χ4n) is 3.89. The molecule has 0 bridgehead atoms. The van der Waals surface area contributed by atoms with Crippen molar-refractivity contribution in [3.8, 4) is 17.1 Å². The summed E-state index contributed by atoms with van der Waals surface area (Å²) in [5, 5.41) is 15.6. The number of ether oxygens (including phenoxy) is 1. The zero-order chi connectivity index (χ0) is 27.3. The summed E-state index contributed by atoms with van der Waals surface area (Å²) in [5.41, 5.74) is 1.85. The van der Waals surface area contributed by atoms with Crippen LogP contribution in [-0.2, 0) is 16.1 Å². The Labute approximate surface area is 221 Å². The Morgan fingerprint density at radius 2 is 1.79 bits per heavy atom. The molecule has 0 saturated heterocycles. The largest absolute Gasteiger partial charge is 0.494 e. The summed E-state index contributed by atoms with van der Waals surface area (Å²) < 4.78 is 11.2. The van der Waals surface area contributed by atoms with E-state index in [-0.39, 0.29) is 12.5 Å². The van der Waals surface area contributed by atoms with Crippen LogP contribution in [0.3, 0.4) is 0 Å². The molecular formula is C28H32N6O4. The van der Waals surface area contributed by atoms with Crippen molar-refractivity contribution in [2.24, 2.45) is 0 Å². The third-order valence-electron chi connectivity index (χ3n) is 5.55. The van der Waals surface area contributed by atoms with Gasteiger partial charge in [-0.05, 0) is 76.2 Å². The molecule has 2 aromatic carbocycles. The monoisotopic (exact) mass is 516 g/mol. The molecule has 1 unspecified atom stereocenters. The molecule has 0 spiro atoms. The third kappa shape index (κ3) is 6.44. The van der Waals surface area contributed by atoms with Crippen molar-refractivity contribution >= 4 is 17.5 Å². The quantitative estimate of drug-likeness (QED) is 0.352. The average molecular weight is 517 g/mol. The van der Waals surface area contributed by atoms with Gasteiger partial charge in [0, 0.05) is 16.8 Å². The van der Waals surface area contributed by atoms with E-state index in [1.54, 1.807) is 36.4 Å². The minimum Gasteiger partial charge on any atom is -0.494 e. The number of nitrogens with zero attached hydrogens (tertiary/aromatic N) is 5. The summed E-state index contributed by atoms with van der Waals surface area (Å²) in [5.74, 6) is 0.562. The minimum absolute atomic E-state index is 0.244. The van der Waals surface area contributed by atoms with Crippen molar-refractivity contribution in [2.45, 2.75) is 52.7 Å². The van der Waals surface area contributed by atoms with Crippen molar-refractivity contribution in [3.63, 3.8) is 0 Å². The van der Waals surface area contributed by atoms with Crippen molar-refractivity contribution in [1.82, 2.24) is 25.5 Å². The molecule has 0 radical (unpaired) electrons. The van der Waals surface area contributed by atoms with E-state index in [9.17, 15) is 9.59 Å². The highest BCUT2D eigenvalue weighted by Gasteiger charge is 2.36. The fraction of sp³-hybridized carbons (Fsp3) is 0.321. The summed E-state index contributed by atoms with van der Waals surface area (Å²) in [7, 11) is 0. The molecule has 0 aliphatic carbocycles. The van der Waals surface area contributed by atoms with E-state index in [4.69, 9.17) is 9.15 Å². The first-order chi connectivity index (χ1) is 18.1. The molecule has 0 aliphatic heterocycles. The normalized spacial score (nSPS) is 12.1. The lowest BCUT2D eigenvalue weighted by Gasteiger charge is -2.32. The van der Waals surface area contributed by atoms with Gasteiger partial charge in [0.05, 0.1) is 12.9 Å². The van der Waals surface area contributed by atoms with Gasteiger partial charge < -0.3 is 14.5 Å². The van der Waals surface area contributed by atoms with Crippen molar-refractivity contribution in [1.29, 1.82) is 0 Å². The Balaban J connectivity index is 1.70. The predicted molar refractivity (Wildman–Crippen MR) is 142 cm³/mol. The zero-order valence-corrected chi connectivity index (χ0v) is 22.2. The molecule has 2 amide bonds. The van der Waals surface area contributed by atoms with E-state index in [1.807, 2.05) is 58.9 Å². The number of nitrogens with one attached hydrogen (secondary N) is 1. The van der Waals surface area contributed by atoms with Gasteiger partial charge >= 0.3 is 0 Å². The summed E-state index contributed by atoms with van der Waals surface area (Å²) in [4.78, 5) is 30.1. The van der Waals surface area contributed by atoms with Crippen LogP contribution in [-0.4, -0.2) is 44.2 Å². The first kappa shape index (κ1) is 26.6. The molecule has 4 rings (SSSR count). The van der Waals surface area contributed by atoms with Crippen LogP contribution in [0, 0.1) is 6.92 Å². The lowest BCUT2D eigenvalue weighted by Crippen LogP contribution is -2.50. The molecule has 2 aromatic heterocycles. The van der Waals surface area contributed by atoms with Crippen LogP contribution in [0.1, 0.15) is 45.1 Å². The lowest BCUT2D eigenvalue weighted by atomic mass is 10.1. The van der Waals surface area contributed by atoms with Gasteiger partial charge in [-0.25, -0.2) is 0 Å². The Kier molecular flexibility index (Phi) is 7.90. The second kappa shape index (κ2) is 11.3. The van der Waals surface area contributed by atoms with Gasteiger partial charge in [0.2, 0.25) is 5.82 Å². The number of aryl methyl sites for hydroxylation is 1. The van der Waals surface area contributed by atoms with Crippen LogP contribution < -0.4 is 15.0 Å². The number of amides is 2. The highest BCUT2D eigenvalue weighted by Crippen LogP contribution is 2.31. The summed E-state index contributed by atoms with van der Waals surface area (Å²) in [6.45, 7) is 9.77. The van der Waals surface area contributed by atoms with E-state index in [1.165, 1.54) is 16.0 Å². The van der Waals surface area contributed by atoms with Crippen LogP contribution in [0.4, 0.5) is 5.69 Å². The van der Waals surface area contributed by atoms with Gasteiger partial charge in [-0.1, -0.05) is 29.8 Å². The average Bonchev–Trinajstić information content (AvgIpc) is 3.55. The molecule has 2 heterocycles. The number of carbonyl (C=O) groups excluding carboxylic acids is 2. The molecular weight excluding hydrogens is 484 g/mol. The van der Waals surface area contributed by atoms with E-state index in [0.29, 0.717) is 29.6 Å². The van der Waals surface area contributed by atoms with Crippen molar-refractivity contribution < 1.29 is 18.7 Å². The number of tetrazole rings is 1. The number of carbonyl (C=O) groups is 2. The van der Waals surface area contributed by atoms with Gasteiger partial charge in [-0.15, -0.1) is 10.2 Å². The summed E-state index contributed by atoms with van der Waals surface area (Å²) in [6.07, 6.45) is 1.47. The Morgan fingerprint density at radius 1 is 1.08 bits per heavy atom. The first-order valence-corrected chi connectivity index (χ1v) is 12.4. The van der Waals surface area contributed by atoms with Gasteiger partial charge in [-0.2, -0.15) is 4.80 Å². The summed E-state index contributed by atoms with van der Waals surface area (Å²) >= 11 is 0. The van der Waals surface area contributed by atoms with Gasteiger partial charge in [0.25, 0.3) is 11.8 Å². The molecule has 38 heavy (non-hydrogen) atoms. The van der Waals surface area contributed by atoms with Gasteiger partial charge in [-0.3, -0.25) is 14.5 Å². The predicted octanol–water partition coefficient (Wildman–Crippen LogP) is 4.33.